The molecule has 0 heterocycles. The van der Waals surface area contributed by atoms with Crippen LogP contribution in [0.25, 0.3) is 0 Å². The van der Waals surface area contributed by atoms with Gasteiger partial charge in [-0.15, -0.1) is 0 Å². The Labute approximate surface area is 439 Å². The minimum atomic E-state index is -0.577. The van der Waals surface area contributed by atoms with Crippen molar-refractivity contribution in [2.75, 3.05) is 59.1 Å². The van der Waals surface area contributed by atoms with Gasteiger partial charge in [0, 0.05) is 32.5 Å². The number of nitrogens with zero attached hydrogens (tertiary/aromatic N) is 2. The molecular weight excluding hydrogens is 885 g/mol. The highest BCUT2D eigenvalue weighted by atomic mass is 16.7. The van der Waals surface area contributed by atoms with E-state index in [0.717, 1.165) is 148 Å². The van der Waals surface area contributed by atoms with Crippen LogP contribution in [0, 0.1) is 0 Å². The maximum atomic E-state index is 12.8. The van der Waals surface area contributed by atoms with Gasteiger partial charge in [-0.1, -0.05) is 186 Å². The molecule has 0 aromatic heterocycles. The van der Waals surface area contributed by atoms with E-state index in [2.05, 4.69) is 93.0 Å². The molecule has 0 amide bonds. The Morgan fingerprint density at radius 3 is 1.15 bits per heavy atom. The van der Waals surface area contributed by atoms with E-state index in [9.17, 15) is 14.4 Å². The van der Waals surface area contributed by atoms with Crippen LogP contribution in [0.2, 0.25) is 0 Å². The lowest BCUT2D eigenvalue weighted by molar-refractivity contribution is -0.144. The molecule has 0 aromatic rings. The van der Waals surface area contributed by atoms with Crippen molar-refractivity contribution in [1.29, 1.82) is 0 Å². The zero-order valence-electron chi connectivity index (χ0n) is 47.3. The molecule has 0 atom stereocenters. The number of carbonyl (C=O) groups is 3. The number of likely N-dealkylation sites (N-methyl/N-ethyl adjacent to an activating group) is 2. The number of hydrogen-bond donors (Lipinski definition) is 0. The minimum Gasteiger partial charge on any atom is -0.466 e. The Bertz CT molecular complexity index is 1200. The van der Waals surface area contributed by atoms with Gasteiger partial charge in [-0.2, -0.15) is 0 Å². The Morgan fingerprint density at radius 2 is 0.732 bits per heavy atom. The van der Waals surface area contributed by atoms with Crippen molar-refractivity contribution in [3.8, 4) is 0 Å². The summed E-state index contributed by atoms with van der Waals surface area (Å²) in [6, 6.07) is 0. The second kappa shape index (κ2) is 56.4. The third-order valence-electron chi connectivity index (χ3n) is 13.5. The molecule has 0 radical (unpaired) electrons. The minimum absolute atomic E-state index is 0.0787. The fourth-order valence-electron chi connectivity index (χ4n) is 8.63. The maximum absolute atomic E-state index is 12.8. The fourth-order valence-corrected chi connectivity index (χ4v) is 8.63. The van der Waals surface area contributed by atoms with Gasteiger partial charge in [-0.05, 0) is 135 Å². The fraction of sp³-hybridized carbons (Fsp3) is 0.823. The van der Waals surface area contributed by atoms with Gasteiger partial charge in [0.05, 0.1) is 13.2 Å². The molecule has 9 nitrogen and oxygen atoms in total. The lowest BCUT2D eigenvalue weighted by Crippen LogP contribution is -2.37. The molecule has 0 spiro atoms. The molecule has 0 aliphatic rings. The number of allylic oxidation sites excluding steroid dienone is 8. The molecule has 0 N–H and O–H groups in total. The van der Waals surface area contributed by atoms with Gasteiger partial charge in [-0.25, -0.2) is 4.79 Å². The summed E-state index contributed by atoms with van der Waals surface area (Å²) in [5.41, 5.74) is 0. The van der Waals surface area contributed by atoms with Crippen molar-refractivity contribution in [2.24, 2.45) is 0 Å². The summed E-state index contributed by atoms with van der Waals surface area (Å²) >= 11 is 0. The Balaban J connectivity index is 4.32. The predicted molar refractivity (Wildman–Crippen MR) is 302 cm³/mol. The van der Waals surface area contributed by atoms with E-state index >= 15 is 0 Å². The average molecular weight is 1000 g/mol. The van der Waals surface area contributed by atoms with Crippen LogP contribution in [0.3, 0.4) is 0 Å². The topological polar surface area (TPSA) is 94.6 Å². The molecule has 0 fully saturated rings. The Morgan fingerprint density at radius 1 is 0.366 bits per heavy atom. The smallest absolute Gasteiger partial charge is 0.466 e. The summed E-state index contributed by atoms with van der Waals surface area (Å²) < 4.78 is 22.5. The molecular formula is C62H114N2O7. The van der Waals surface area contributed by atoms with Crippen LogP contribution in [-0.2, 0) is 28.5 Å². The first kappa shape index (κ1) is 68.1. The largest absolute Gasteiger partial charge is 0.508 e. The van der Waals surface area contributed by atoms with Crippen molar-refractivity contribution in [1.82, 2.24) is 9.80 Å². The van der Waals surface area contributed by atoms with Gasteiger partial charge < -0.3 is 23.8 Å². The Hall–Kier alpha value is -2.91. The second-order valence-corrected chi connectivity index (χ2v) is 19.8. The highest BCUT2D eigenvalue weighted by Crippen LogP contribution is 2.18. The van der Waals surface area contributed by atoms with Gasteiger partial charge in [-0.3, -0.25) is 14.5 Å². The first-order valence-corrected chi connectivity index (χ1v) is 30.1. The number of unbranched alkanes of at least 4 members (excludes halogenated alkanes) is 24. The van der Waals surface area contributed by atoms with E-state index in [1.165, 1.54) is 103 Å². The normalized spacial score (nSPS) is 12.1. The SMILES string of the molecule is CCCCCC/C=C\C/C=C\CCCCCCCC(=O)OCCCCCCC(CCCCCCOC(=O)CCCCCCC/C=C\C/C=C\CCCCCC)OC(=O)OCCN(CC)CCN(CC)CC. The van der Waals surface area contributed by atoms with Gasteiger partial charge in [0.25, 0.3) is 0 Å². The molecule has 9 heteroatoms. The van der Waals surface area contributed by atoms with Crippen LogP contribution in [0.4, 0.5) is 4.79 Å². The summed E-state index contributed by atoms with van der Waals surface area (Å²) in [6.45, 7) is 17.9. The average Bonchev–Trinajstić information content (AvgIpc) is 3.37. The molecule has 0 bridgehead atoms. The van der Waals surface area contributed by atoms with Crippen LogP contribution < -0.4 is 0 Å². The summed E-state index contributed by atoms with van der Waals surface area (Å²) in [7, 11) is 0. The van der Waals surface area contributed by atoms with E-state index in [0.29, 0.717) is 39.2 Å². The zero-order valence-corrected chi connectivity index (χ0v) is 47.3. The quantitative estimate of drug-likeness (QED) is 0.0255. The number of esters is 2. The van der Waals surface area contributed by atoms with Crippen LogP contribution in [0.5, 0.6) is 0 Å². The molecule has 0 saturated heterocycles. The van der Waals surface area contributed by atoms with E-state index in [-0.39, 0.29) is 18.0 Å². The molecule has 0 rings (SSSR count). The summed E-state index contributed by atoms with van der Waals surface area (Å²) in [5.74, 6) is -0.157. The highest BCUT2D eigenvalue weighted by molar-refractivity contribution is 5.69. The van der Waals surface area contributed by atoms with Gasteiger partial charge in [0.2, 0.25) is 0 Å². The van der Waals surface area contributed by atoms with Crippen LogP contribution in [0.15, 0.2) is 48.6 Å². The molecule has 414 valence electrons. The number of carbonyl (C=O) groups excluding carboxylic acids is 3. The molecule has 0 aliphatic heterocycles. The van der Waals surface area contributed by atoms with E-state index < -0.39 is 6.16 Å². The molecule has 0 aliphatic carbocycles. The second-order valence-electron chi connectivity index (χ2n) is 19.8. The van der Waals surface area contributed by atoms with Crippen molar-refractivity contribution >= 4 is 18.1 Å². The summed E-state index contributed by atoms with van der Waals surface area (Å²) in [4.78, 5) is 42.2. The van der Waals surface area contributed by atoms with Crippen molar-refractivity contribution in [3.63, 3.8) is 0 Å². The van der Waals surface area contributed by atoms with Crippen LogP contribution >= 0.6 is 0 Å². The Kier molecular flexibility index (Phi) is 54.1. The number of rotatable bonds is 54. The summed E-state index contributed by atoms with van der Waals surface area (Å²) in [6.07, 6.45) is 56.4. The van der Waals surface area contributed by atoms with Crippen LogP contribution in [-0.4, -0.2) is 93.1 Å². The monoisotopic (exact) mass is 999 g/mol. The van der Waals surface area contributed by atoms with Crippen molar-refractivity contribution < 1.29 is 33.3 Å². The molecule has 0 unspecified atom stereocenters. The van der Waals surface area contributed by atoms with Gasteiger partial charge in [0.15, 0.2) is 0 Å². The van der Waals surface area contributed by atoms with E-state index in [1.54, 1.807) is 0 Å². The summed E-state index contributed by atoms with van der Waals surface area (Å²) in [5, 5.41) is 0. The number of hydrogen-bond acceptors (Lipinski definition) is 9. The standard InChI is InChI=1S/C62H114N2O7/c1-6-11-13-15-17-19-21-23-25-27-29-31-33-35-37-45-51-60(65)68-56-47-41-39-43-49-59(71-62(67)70-58-55-64(10-5)54-53-63(8-3)9-4)50-44-40-42-48-57-69-61(66)52-46-38-36-34-32-30-28-26-24-22-20-18-16-14-12-7-2/h19-22,25-28,59H,6-18,23-24,29-58H2,1-5H3/b21-19-,22-20-,27-25-,28-26-. The van der Waals surface area contributed by atoms with Gasteiger partial charge in [0.1, 0.15) is 12.7 Å². The predicted octanol–water partition coefficient (Wildman–Crippen LogP) is 17.6. The van der Waals surface area contributed by atoms with Crippen molar-refractivity contribution in [2.45, 2.75) is 272 Å². The molecule has 0 aromatic carbocycles. The van der Waals surface area contributed by atoms with E-state index in [1.807, 2.05) is 0 Å². The first-order valence-electron chi connectivity index (χ1n) is 30.1. The zero-order chi connectivity index (χ0) is 51.8. The maximum Gasteiger partial charge on any atom is 0.508 e. The first-order chi connectivity index (χ1) is 34.9. The third-order valence-corrected chi connectivity index (χ3v) is 13.5. The van der Waals surface area contributed by atoms with Crippen LogP contribution in [0.1, 0.15) is 266 Å². The third kappa shape index (κ3) is 51.8. The van der Waals surface area contributed by atoms with Gasteiger partial charge >= 0.3 is 18.1 Å². The highest BCUT2D eigenvalue weighted by Gasteiger charge is 2.16. The lowest BCUT2D eigenvalue weighted by Gasteiger charge is -2.25. The lowest BCUT2D eigenvalue weighted by atomic mass is 10.0. The number of ether oxygens (including phenoxy) is 4. The molecule has 71 heavy (non-hydrogen) atoms. The molecule has 0 saturated carbocycles. The van der Waals surface area contributed by atoms with E-state index in [4.69, 9.17) is 18.9 Å². The van der Waals surface area contributed by atoms with Crippen molar-refractivity contribution in [3.05, 3.63) is 48.6 Å².